The molecule has 0 radical (unpaired) electrons. The first-order chi connectivity index (χ1) is 16.7. The number of thiol groups is 1. The summed E-state index contributed by atoms with van der Waals surface area (Å²) in [6.07, 6.45) is 5.86. The Hall–Kier alpha value is -3.40. The number of hydrogen-bond acceptors (Lipinski definition) is 7. The van der Waals surface area contributed by atoms with Gasteiger partial charge in [0.1, 0.15) is 11.6 Å². The lowest BCUT2D eigenvalue weighted by molar-refractivity contribution is 0.0931. The molecule has 1 saturated heterocycles. The maximum atomic E-state index is 13.5. The Morgan fingerprint density at radius 1 is 1.34 bits per heavy atom. The third-order valence-electron chi connectivity index (χ3n) is 5.96. The molecule has 0 aliphatic carbocycles. The fourth-order valence-corrected chi connectivity index (χ4v) is 4.07. The van der Waals surface area contributed by atoms with Gasteiger partial charge in [-0.1, -0.05) is 18.6 Å². The van der Waals surface area contributed by atoms with Crippen molar-refractivity contribution in [3.63, 3.8) is 0 Å². The van der Waals surface area contributed by atoms with Crippen molar-refractivity contribution >= 4 is 36.1 Å². The number of amides is 2. The lowest BCUT2D eigenvalue weighted by atomic mass is 10.0. The van der Waals surface area contributed by atoms with Gasteiger partial charge < -0.3 is 21.3 Å². The molecule has 2 amide bonds. The monoisotopic (exact) mass is 498 g/mol. The smallest absolute Gasteiger partial charge is 0.271 e. The molecule has 10 heteroatoms. The van der Waals surface area contributed by atoms with Gasteiger partial charge in [0.25, 0.3) is 11.8 Å². The second kappa shape index (κ2) is 11.8. The van der Waals surface area contributed by atoms with Crippen LogP contribution < -0.4 is 21.3 Å². The molecular formula is C25H31FN6O2S. The molecule has 1 aromatic heterocycles. The summed E-state index contributed by atoms with van der Waals surface area (Å²) in [6, 6.07) is 5.44. The van der Waals surface area contributed by atoms with Gasteiger partial charge in [-0.3, -0.25) is 9.59 Å². The van der Waals surface area contributed by atoms with Gasteiger partial charge in [-0.25, -0.2) is 14.4 Å². The maximum Gasteiger partial charge on any atom is 0.271 e. The fourth-order valence-electron chi connectivity index (χ4n) is 3.77. The van der Waals surface area contributed by atoms with Gasteiger partial charge in [-0.2, -0.15) is 0 Å². The first-order valence-electron chi connectivity index (χ1n) is 11.5. The predicted octanol–water partition coefficient (Wildman–Crippen LogP) is 4.04. The zero-order valence-electron chi connectivity index (χ0n) is 20.1. The third-order valence-corrected chi connectivity index (χ3v) is 6.20. The van der Waals surface area contributed by atoms with Crippen molar-refractivity contribution in [3.05, 3.63) is 69.8 Å². The molecule has 1 atom stereocenters. The number of nitrogens with two attached hydrogens (primary N) is 1. The lowest BCUT2D eigenvalue weighted by Crippen LogP contribution is -2.48. The second-order valence-corrected chi connectivity index (χ2v) is 9.01. The van der Waals surface area contributed by atoms with E-state index in [9.17, 15) is 14.0 Å². The quantitative estimate of drug-likeness (QED) is 0.323. The Kier molecular flexibility index (Phi) is 8.86. The summed E-state index contributed by atoms with van der Waals surface area (Å²) >= 11 is 4.49. The molecule has 1 fully saturated rings. The van der Waals surface area contributed by atoms with Gasteiger partial charge in [0, 0.05) is 24.7 Å². The van der Waals surface area contributed by atoms with E-state index in [1.807, 2.05) is 24.8 Å². The minimum atomic E-state index is -0.705. The summed E-state index contributed by atoms with van der Waals surface area (Å²) in [7, 11) is 0. The summed E-state index contributed by atoms with van der Waals surface area (Å²) < 4.78 is 13.5. The van der Waals surface area contributed by atoms with E-state index in [0.717, 1.165) is 24.8 Å². The number of rotatable bonds is 8. The highest BCUT2D eigenvalue weighted by molar-refractivity contribution is 7.84. The average Bonchev–Trinajstić information content (AvgIpc) is 2.83. The number of anilines is 2. The van der Waals surface area contributed by atoms with Crippen LogP contribution in [0.2, 0.25) is 0 Å². The number of halogens is 1. The number of piperidine rings is 1. The van der Waals surface area contributed by atoms with E-state index in [-0.39, 0.29) is 29.0 Å². The fraction of sp³-hybridized carbons (Fsp3) is 0.360. The second-order valence-electron chi connectivity index (χ2n) is 8.53. The van der Waals surface area contributed by atoms with Crippen LogP contribution >= 0.6 is 12.6 Å². The van der Waals surface area contributed by atoms with Crippen LogP contribution in [0.3, 0.4) is 0 Å². The van der Waals surface area contributed by atoms with Crippen LogP contribution in [0.5, 0.6) is 0 Å². The third kappa shape index (κ3) is 7.05. The Balaban J connectivity index is 1.78. The molecule has 0 saturated carbocycles. The van der Waals surface area contributed by atoms with Crippen LogP contribution in [0.4, 0.5) is 16.0 Å². The van der Waals surface area contributed by atoms with E-state index in [2.05, 4.69) is 40.2 Å². The van der Waals surface area contributed by atoms with Crippen molar-refractivity contribution < 1.29 is 14.0 Å². The molecule has 0 spiro atoms. The summed E-state index contributed by atoms with van der Waals surface area (Å²) in [4.78, 5) is 35.3. The Labute approximate surface area is 210 Å². The molecule has 8 nitrogen and oxygen atoms in total. The zero-order valence-corrected chi connectivity index (χ0v) is 21.0. The van der Waals surface area contributed by atoms with Crippen molar-refractivity contribution in [2.24, 2.45) is 5.73 Å². The van der Waals surface area contributed by atoms with E-state index in [4.69, 9.17) is 5.73 Å². The SMILES string of the molecule is CCC(C)=C(C)/C=C(\S)Nc1nc(N2CCC[C@@H](NC(=O)c3cccc(F)c3)C2)cnc1C(N)=O. The molecule has 2 heterocycles. The summed E-state index contributed by atoms with van der Waals surface area (Å²) in [5, 5.41) is 6.50. The summed E-state index contributed by atoms with van der Waals surface area (Å²) in [5.41, 5.74) is 8.07. The predicted molar refractivity (Wildman–Crippen MR) is 139 cm³/mol. The molecule has 1 aliphatic rings. The summed E-state index contributed by atoms with van der Waals surface area (Å²) in [6.45, 7) is 7.30. The number of nitrogens with zero attached hydrogens (tertiary/aromatic N) is 3. The highest BCUT2D eigenvalue weighted by Gasteiger charge is 2.24. The number of benzene rings is 1. The van der Waals surface area contributed by atoms with Gasteiger partial charge in [0.05, 0.1) is 11.2 Å². The molecular weight excluding hydrogens is 467 g/mol. The molecule has 35 heavy (non-hydrogen) atoms. The number of nitrogens with one attached hydrogen (secondary N) is 2. The van der Waals surface area contributed by atoms with E-state index in [1.165, 1.54) is 30.0 Å². The molecule has 0 unspecified atom stereocenters. The first kappa shape index (κ1) is 26.2. The van der Waals surface area contributed by atoms with Gasteiger partial charge in [-0.15, -0.1) is 12.6 Å². The Bertz CT molecular complexity index is 1170. The van der Waals surface area contributed by atoms with Crippen LogP contribution in [-0.2, 0) is 0 Å². The van der Waals surface area contributed by atoms with Crippen molar-refractivity contribution in [2.75, 3.05) is 23.3 Å². The van der Waals surface area contributed by atoms with E-state index >= 15 is 0 Å². The van der Waals surface area contributed by atoms with E-state index in [1.54, 1.807) is 6.07 Å². The minimum absolute atomic E-state index is 0.00973. The number of carbonyl (C=O) groups excluding carboxylic acids is 2. The van der Waals surface area contributed by atoms with Crippen molar-refractivity contribution in [1.29, 1.82) is 0 Å². The molecule has 1 aliphatic heterocycles. The van der Waals surface area contributed by atoms with E-state index in [0.29, 0.717) is 23.9 Å². The lowest BCUT2D eigenvalue weighted by Gasteiger charge is -2.34. The van der Waals surface area contributed by atoms with Crippen LogP contribution in [-0.4, -0.2) is 40.9 Å². The van der Waals surface area contributed by atoms with Gasteiger partial charge in [-0.05, 0) is 63.0 Å². The van der Waals surface area contributed by atoms with Gasteiger partial charge >= 0.3 is 0 Å². The molecule has 0 bridgehead atoms. The van der Waals surface area contributed by atoms with E-state index < -0.39 is 11.7 Å². The highest BCUT2D eigenvalue weighted by atomic mass is 32.1. The largest absolute Gasteiger partial charge is 0.364 e. The topological polar surface area (TPSA) is 113 Å². The van der Waals surface area contributed by atoms with Crippen LogP contribution in [0.1, 0.15) is 60.9 Å². The van der Waals surface area contributed by atoms with Crippen LogP contribution in [0.25, 0.3) is 0 Å². The maximum absolute atomic E-state index is 13.5. The molecule has 186 valence electrons. The minimum Gasteiger partial charge on any atom is -0.364 e. The van der Waals surface area contributed by atoms with Crippen molar-refractivity contribution in [2.45, 2.75) is 46.1 Å². The molecule has 2 aromatic rings. The van der Waals surface area contributed by atoms with Crippen molar-refractivity contribution in [1.82, 2.24) is 15.3 Å². The highest BCUT2D eigenvalue weighted by Crippen LogP contribution is 2.23. The Morgan fingerprint density at radius 3 is 2.80 bits per heavy atom. The molecule has 3 rings (SSSR count). The van der Waals surface area contributed by atoms with Crippen LogP contribution in [0.15, 0.2) is 52.7 Å². The summed E-state index contributed by atoms with van der Waals surface area (Å²) in [5.74, 6) is -0.738. The Morgan fingerprint density at radius 2 is 2.11 bits per heavy atom. The van der Waals surface area contributed by atoms with Gasteiger partial charge in [0.2, 0.25) is 0 Å². The normalized spacial score (nSPS) is 17.0. The number of aromatic nitrogens is 2. The number of carbonyl (C=O) groups is 2. The average molecular weight is 499 g/mol. The van der Waals surface area contributed by atoms with Crippen molar-refractivity contribution in [3.8, 4) is 0 Å². The zero-order chi connectivity index (χ0) is 25.5. The van der Waals surface area contributed by atoms with Crippen LogP contribution in [0, 0.1) is 5.82 Å². The van der Waals surface area contributed by atoms with Gasteiger partial charge in [0.15, 0.2) is 11.5 Å². The molecule has 1 aromatic carbocycles. The molecule has 4 N–H and O–H groups in total. The number of primary amides is 1. The standard InChI is InChI=1S/C25H31FN6O2S/c1-4-15(2)16(3)11-21(35)31-24-22(23(27)33)28-13-20(30-24)32-10-6-9-19(14-32)29-25(34)17-7-5-8-18(26)12-17/h5,7-8,11-13,19,35H,4,6,9-10,14H2,1-3H3,(H2,27,33)(H,29,34)(H,30,31)/b16-15?,21-11-/t19-/m1/s1. The number of hydrogen-bond donors (Lipinski definition) is 4. The first-order valence-corrected chi connectivity index (χ1v) is 11.9. The number of allylic oxidation sites excluding steroid dienone is 3.